The number of nitrogens with zero attached hydrogens (tertiary/aromatic N) is 1. The zero-order chi connectivity index (χ0) is 38.9. The van der Waals surface area contributed by atoms with Gasteiger partial charge in [0.15, 0.2) is 0 Å². The topological polar surface area (TPSA) is 29.5 Å². The van der Waals surface area contributed by atoms with E-state index in [2.05, 4.69) is 199 Å². The monoisotopic (exact) mass is 753 g/mol. The summed E-state index contributed by atoms with van der Waals surface area (Å²) in [7, 11) is 0. The first kappa shape index (κ1) is 33.3. The van der Waals surface area contributed by atoms with Gasteiger partial charge < -0.3 is 13.7 Å². The number of fused-ring (bicyclic) bond motifs is 10. The molecule has 0 bridgehead atoms. The van der Waals surface area contributed by atoms with Crippen molar-refractivity contribution < 1.29 is 8.83 Å². The fourth-order valence-corrected chi connectivity index (χ4v) is 8.98. The average Bonchev–Trinajstić information content (AvgIpc) is 3.89. The predicted molar refractivity (Wildman–Crippen MR) is 247 cm³/mol. The van der Waals surface area contributed by atoms with Crippen LogP contribution in [0.4, 0.5) is 17.1 Å². The summed E-state index contributed by atoms with van der Waals surface area (Å²) in [5.74, 6) is 0. The van der Waals surface area contributed by atoms with Gasteiger partial charge in [-0.2, -0.15) is 0 Å². The molecule has 2 heterocycles. The Morgan fingerprint density at radius 3 is 1.58 bits per heavy atom. The molecule has 12 aromatic rings. The van der Waals surface area contributed by atoms with Crippen LogP contribution in [0.3, 0.4) is 0 Å². The van der Waals surface area contributed by atoms with Gasteiger partial charge in [0.2, 0.25) is 0 Å². The molecule has 2 aromatic heterocycles. The van der Waals surface area contributed by atoms with E-state index < -0.39 is 0 Å². The highest BCUT2D eigenvalue weighted by Crippen LogP contribution is 2.44. The van der Waals surface area contributed by atoms with Gasteiger partial charge in [0.1, 0.15) is 22.3 Å². The minimum Gasteiger partial charge on any atom is -0.456 e. The maximum atomic E-state index is 6.51. The number of para-hydroxylation sites is 1. The lowest BCUT2D eigenvalue weighted by Crippen LogP contribution is -2.09. The van der Waals surface area contributed by atoms with Crippen LogP contribution in [0.25, 0.3) is 98.8 Å². The number of hydrogen-bond acceptors (Lipinski definition) is 3. The van der Waals surface area contributed by atoms with Crippen molar-refractivity contribution >= 4 is 82.5 Å². The van der Waals surface area contributed by atoms with Crippen LogP contribution >= 0.6 is 0 Å². The highest BCUT2D eigenvalue weighted by molar-refractivity contribution is 6.24. The lowest BCUT2D eigenvalue weighted by Gasteiger charge is -2.26. The quantitative estimate of drug-likeness (QED) is 0.158. The molecule has 0 amide bonds. The molecule has 0 radical (unpaired) electrons. The number of furan rings is 2. The lowest BCUT2D eigenvalue weighted by molar-refractivity contribution is 0.663. The second-order valence-corrected chi connectivity index (χ2v) is 15.3. The van der Waals surface area contributed by atoms with E-state index in [0.717, 1.165) is 72.1 Å². The van der Waals surface area contributed by atoms with Gasteiger partial charge in [0, 0.05) is 33.2 Å². The van der Waals surface area contributed by atoms with Crippen molar-refractivity contribution in [1.29, 1.82) is 0 Å². The van der Waals surface area contributed by atoms with Crippen molar-refractivity contribution in [2.24, 2.45) is 0 Å². The van der Waals surface area contributed by atoms with Gasteiger partial charge in [-0.15, -0.1) is 0 Å². The third-order valence-electron chi connectivity index (χ3n) is 11.9. The van der Waals surface area contributed by atoms with Gasteiger partial charge in [-0.1, -0.05) is 146 Å². The van der Waals surface area contributed by atoms with Crippen molar-refractivity contribution in [2.75, 3.05) is 4.90 Å². The third-order valence-corrected chi connectivity index (χ3v) is 11.9. The molecule has 0 spiro atoms. The summed E-state index contributed by atoms with van der Waals surface area (Å²) in [6.45, 7) is 0. The van der Waals surface area contributed by atoms with Crippen molar-refractivity contribution in [2.45, 2.75) is 0 Å². The first-order valence-corrected chi connectivity index (χ1v) is 20.1. The van der Waals surface area contributed by atoms with Crippen LogP contribution in [0.2, 0.25) is 0 Å². The van der Waals surface area contributed by atoms with Crippen LogP contribution in [-0.4, -0.2) is 0 Å². The van der Waals surface area contributed by atoms with E-state index in [1.165, 1.54) is 43.8 Å². The summed E-state index contributed by atoms with van der Waals surface area (Å²) in [6, 6.07) is 75.8. The average molecular weight is 754 g/mol. The normalized spacial score (nSPS) is 11.7. The molecule has 10 aromatic carbocycles. The van der Waals surface area contributed by atoms with E-state index >= 15 is 0 Å². The molecule has 59 heavy (non-hydrogen) atoms. The van der Waals surface area contributed by atoms with Gasteiger partial charge in [-0.05, 0) is 122 Å². The molecule has 0 aliphatic heterocycles. The minimum atomic E-state index is 0.821. The SMILES string of the molecule is c1ccc(-c2ccc(N(c3ccc(-c4ccc5ccc6ccccc6c5c4)cc3)c3ccc(-c4cccc5oc6ccc7c8ccccc8oc7c6c45)cc3)cc2)cc1. The lowest BCUT2D eigenvalue weighted by atomic mass is 9.97. The third kappa shape index (κ3) is 5.51. The van der Waals surface area contributed by atoms with Gasteiger partial charge >= 0.3 is 0 Å². The summed E-state index contributed by atoms with van der Waals surface area (Å²) in [5, 5.41) is 9.32. The van der Waals surface area contributed by atoms with Crippen LogP contribution < -0.4 is 4.90 Å². The Morgan fingerprint density at radius 2 is 0.831 bits per heavy atom. The van der Waals surface area contributed by atoms with E-state index in [1.807, 2.05) is 18.2 Å². The minimum absolute atomic E-state index is 0.821. The molecule has 0 saturated heterocycles. The van der Waals surface area contributed by atoms with Crippen molar-refractivity contribution in [1.82, 2.24) is 0 Å². The van der Waals surface area contributed by atoms with Gasteiger partial charge in [-0.3, -0.25) is 0 Å². The van der Waals surface area contributed by atoms with E-state index in [1.54, 1.807) is 0 Å². The van der Waals surface area contributed by atoms with Crippen molar-refractivity contribution in [3.05, 3.63) is 212 Å². The molecule has 0 saturated carbocycles. The Labute approximate surface area is 340 Å². The highest BCUT2D eigenvalue weighted by atomic mass is 16.3. The molecular formula is C56H35NO2. The van der Waals surface area contributed by atoms with Gasteiger partial charge in [0.25, 0.3) is 0 Å². The number of benzene rings is 10. The summed E-state index contributed by atoms with van der Waals surface area (Å²) >= 11 is 0. The summed E-state index contributed by atoms with van der Waals surface area (Å²) in [5.41, 5.74) is 13.6. The van der Waals surface area contributed by atoms with E-state index in [0.29, 0.717) is 0 Å². The Morgan fingerprint density at radius 1 is 0.288 bits per heavy atom. The molecule has 3 nitrogen and oxygen atoms in total. The van der Waals surface area contributed by atoms with E-state index in [-0.39, 0.29) is 0 Å². The first-order chi connectivity index (χ1) is 29.2. The zero-order valence-electron chi connectivity index (χ0n) is 32.0. The predicted octanol–water partition coefficient (Wildman–Crippen LogP) is 16.3. The molecule has 0 N–H and O–H groups in total. The molecule has 0 fully saturated rings. The molecule has 276 valence electrons. The fraction of sp³-hybridized carbons (Fsp3) is 0. The Hall–Kier alpha value is -7.88. The Balaban J connectivity index is 0.958. The van der Waals surface area contributed by atoms with E-state index in [4.69, 9.17) is 8.83 Å². The maximum absolute atomic E-state index is 6.51. The molecule has 0 aliphatic rings. The molecule has 3 heteroatoms. The van der Waals surface area contributed by atoms with Crippen LogP contribution in [0.5, 0.6) is 0 Å². The Bertz CT molecular complexity index is 3520. The van der Waals surface area contributed by atoms with Crippen LogP contribution in [0.1, 0.15) is 0 Å². The van der Waals surface area contributed by atoms with Gasteiger partial charge in [-0.25, -0.2) is 0 Å². The van der Waals surface area contributed by atoms with Crippen LogP contribution in [-0.2, 0) is 0 Å². The maximum Gasteiger partial charge on any atom is 0.147 e. The first-order valence-electron chi connectivity index (χ1n) is 20.1. The van der Waals surface area contributed by atoms with Crippen LogP contribution in [0, 0.1) is 0 Å². The zero-order valence-corrected chi connectivity index (χ0v) is 32.0. The smallest absolute Gasteiger partial charge is 0.147 e. The van der Waals surface area contributed by atoms with E-state index in [9.17, 15) is 0 Å². The van der Waals surface area contributed by atoms with Gasteiger partial charge in [0.05, 0.1) is 5.39 Å². The fourth-order valence-electron chi connectivity index (χ4n) is 8.98. The Kier molecular flexibility index (Phi) is 7.54. The standard InChI is InChI=1S/C56H35NO2/c1-2-9-36(10-3-1)37-21-27-43(28-22-37)57(44-29-23-38(24-30-44)42-20-19-41-18-17-39-11-4-5-12-46(39)50(41)35-42)45-31-25-40(26-32-45)47-14-8-16-52-54(47)55-53(58-52)34-33-49-48-13-6-7-15-51(48)59-56(49)55/h1-35H. The molecular weight excluding hydrogens is 719 g/mol. The van der Waals surface area contributed by atoms with Crippen molar-refractivity contribution in [3.8, 4) is 33.4 Å². The highest BCUT2D eigenvalue weighted by Gasteiger charge is 2.20. The molecule has 12 rings (SSSR count). The second kappa shape index (κ2) is 13.4. The summed E-state index contributed by atoms with van der Waals surface area (Å²) in [4.78, 5) is 2.34. The largest absolute Gasteiger partial charge is 0.456 e. The number of anilines is 3. The molecule has 0 aliphatic carbocycles. The number of hydrogen-bond donors (Lipinski definition) is 0. The molecule has 0 atom stereocenters. The summed E-state index contributed by atoms with van der Waals surface area (Å²) in [6.07, 6.45) is 0. The van der Waals surface area contributed by atoms with Crippen molar-refractivity contribution in [3.63, 3.8) is 0 Å². The summed E-state index contributed by atoms with van der Waals surface area (Å²) < 4.78 is 13.0. The van der Waals surface area contributed by atoms with Crippen LogP contribution in [0.15, 0.2) is 221 Å². The molecule has 0 unspecified atom stereocenters. The number of rotatable bonds is 6. The second-order valence-electron chi connectivity index (χ2n) is 15.3.